The minimum absolute atomic E-state index is 0.00781. The minimum atomic E-state index is -1.22. The number of aromatic carboxylic acids is 1. The number of halogens is 1. The summed E-state index contributed by atoms with van der Waals surface area (Å²) in [5.74, 6) is -2.30. The molecular formula is C22H26ClN5O6. The maximum Gasteiger partial charge on any atom is 0.337 e. The Bertz CT molecular complexity index is 1130. The number of amides is 2. The van der Waals surface area contributed by atoms with Gasteiger partial charge in [-0.15, -0.1) is 0 Å². The lowest BCUT2D eigenvalue weighted by molar-refractivity contribution is -0.114. The quantitative estimate of drug-likeness (QED) is 0.457. The normalized spacial score (nSPS) is 15.5. The molecule has 11 nitrogen and oxygen atoms in total. The first kappa shape index (κ1) is 25.1. The number of methoxy groups -OCH3 is 2. The predicted molar refractivity (Wildman–Crippen MR) is 128 cm³/mol. The van der Waals surface area contributed by atoms with Gasteiger partial charge in [0.1, 0.15) is 11.4 Å². The monoisotopic (exact) mass is 491 g/mol. The third-order valence-electron chi connectivity index (χ3n) is 5.39. The van der Waals surface area contributed by atoms with Gasteiger partial charge in [-0.25, -0.2) is 4.79 Å². The van der Waals surface area contributed by atoms with Gasteiger partial charge >= 0.3 is 5.97 Å². The second kappa shape index (κ2) is 10.6. The molecule has 34 heavy (non-hydrogen) atoms. The Hall–Kier alpha value is -3.57. The number of pyridine rings is 1. The van der Waals surface area contributed by atoms with Gasteiger partial charge in [0.05, 0.1) is 40.9 Å². The van der Waals surface area contributed by atoms with Crippen LogP contribution < -0.4 is 26.0 Å². The molecule has 0 spiro atoms. The number of hydrogen-bond acceptors (Lipinski definition) is 8. The summed E-state index contributed by atoms with van der Waals surface area (Å²) in [5, 5.41) is 15.2. The molecule has 0 radical (unpaired) electrons. The number of benzene rings is 1. The number of rotatable bonds is 7. The summed E-state index contributed by atoms with van der Waals surface area (Å²) in [4.78, 5) is 43.0. The number of aromatic nitrogens is 1. The molecule has 1 aromatic heterocycles. The molecule has 2 amide bonds. The van der Waals surface area contributed by atoms with Crippen molar-refractivity contribution in [1.82, 2.24) is 4.98 Å². The lowest BCUT2D eigenvalue weighted by atomic mass is 10.0. The number of hydrogen-bond donors (Lipinski definition) is 4. The molecular weight excluding hydrogens is 466 g/mol. The van der Waals surface area contributed by atoms with Crippen molar-refractivity contribution in [3.8, 4) is 5.88 Å². The van der Waals surface area contributed by atoms with Gasteiger partial charge in [0.2, 0.25) is 11.8 Å². The smallest absolute Gasteiger partial charge is 0.337 e. The molecule has 1 aliphatic rings. The summed E-state index contributed by atoms with van der Waals surface area (Å²) in [6, 6.07) is 4.12. The van der Waals surface area contributed by atoms with Crippen LogP contribution in [0.3, 0.4) is 0 Å². The van der Waals surface area contributed by atoms with Crippen LogP contribution in [0.25, 0.3) is 0 Å². The van der Waals surface area contributed by atoms with E-state index in [-0.39, 0.29) is 45.3 Å². The number of carbonyl (C=O) groups excluding carboxylic acids is 2. The molecule has 1 aliphatic heterocycles. The van der Waals surface area contributed by atoms with Crippen molar-refractivity contribution >= 4 is 52.3 Å². The first-order valence-electron chi connectivity index (χ1n) is 10.4. The van der Waals surface area contributed by atoms with Crippen molar-refractivity contribution in [3.05, 3.63) is 34.3 Å². The number of nitrogens with two attached hydrogens (primary N) is 1. The maximum absolute atomic E-state index is 13.2. The summed E-state index contributed by atoms with van der Waals surface area (Å²) in [6.07, 6.45) is 1.50. The second-order valence-electron chi connectivity index (χ2n) is 7.68. The first-order valence-corrected chi connectivity index (χ1v) is 10.8. The summed E-state index contributed by atoms with van der Waals surface area (Å²) in [6.45, 7) is 2.28. The molecule has 1 aromatic carbocycles. The van der Waals surface area contributed by atoms with Crippen LogP contribution in [0, 0.1) is 0 Å². The van der Waals surface area contributed by atoms with E-state index < -0.39 is 17.8 Å². The number of carbonyl (C=O) groups is 3. The van der Waals surface area contributed by atoms with E-state index in [4.69, 9.17) is 26.8 Å². The Morgan fingerprint density at radius 3 is 2.59 bits per heavy atom. The number of carboxylic acids is 1. The minimum Gasteiger partial charge on any atom is -0.480 e. The summed E-state index contributed by atoms with van der Waals surface area (Å²) < 4.78 is 10.7. The average molecular weight is 492 g/mol. The average Bonchev–Trinajstić information content (AvgIpc) is 2.80. The van der Waals surface area contributed by atoms with Gasteiger partial charge in [0.25, 0.3) is 5.91 Å². The molecule has 3 rings (SSSR count). The van der Waals surface area contributed by atoms with E-state index in [1.165, 1.54) is 32.2 Å². The molecule has 12 heteroatoms. The Labute approximate surface area is 201 Å². The van der Waals surface area contributed by atoms with E-state index in [0.717, 1.165) is 12.8 Å². The molecule has 2 heterocycles. The third kappa shape index (κ3) is 5.32. The van der Waals surface area contributed by atoms with Crippen LogP contribution in [-0.4, -0.2) is 61.3 Å². The number of ether oxygens (including phenoxy) is 2. The van der Waals surface area contributed by atoms with Crippen LogP contribution in [0.5, 0.6) is 5.88 Å². The van der Waals surface area contributed by atoms with Crippen molar-refractivity contribution in [2.45, 2.75) is 25.9 Å². The van der Waals surface area contributed by atoms with E-state index >= 15 is 0 Å². The molecule has 1 unspecified atom stereocenters. The zero-order chi connectivity index (χ0) is 25.0. The van der Waals surface area contributed by atoms with Gasteiger partial charge in [-0.2, -0.15) is 4.98 Å². The number of nitrogens with one attached hydrogen (secondary N) is 2. The summed E-state index contributed by atoms with van der Waals surface area (Å²) >= 11 is 6.06. The van der Waals surface area contributed by atoms with Gasteiger partial charge < -0.3 is 35.8 Å². The third-order valence-corrected chi connectivity index (χ3v) is 5.69. The molecule has 182 valence electrons. The molecule has 1 atom stereocenters. The Kier molecular flexibility index (Phi) is 7.79. The van der Waals surface area contributed by atoms with Gasteiger partial charge in [-0.3, -0.25) is 9.59 Å². The van der Waals surface area contributed by atoms with Crippen molar-refractivity contribution in [2.24, 2.45) is 0 Å². The number of nitrogen functional groups attached to an aromatic ring is 1. The van der Waals surface area contributed by atoms with Crippen LogP contribution in [0.15, 0.2) is 18.2 Å². The van der Waals surface area contributed by atoms with Crippen LogP contribution in [0.4, 0.5) is 22.9 Å². The molecule has 0 bridgehead atoms. The maximum atomic E-state index is 13.2. The first-order chi connectivity index (χ1) is 16.2. The Morgan fingerprint density at radius 1 is 1.24 bits per heavy atom. The van der Waals surface area contributed by atoms with Gasteiger partial charge in [-0.1, -0.05) is 11.6 Å². The highest BCUT2D eigenvalue weighted by molar-refractivity contribution is 6.33. The van der Waals surface area contributed by atoms with Crippen molar-refractivity contribution in [3.63, 3.8) is 0 Å². The lowest BCUT2D eigenvalue weighted by Crippen LogP contribution is -2.40. The van der Waals surface area contributed by atoms with Crippen LogP contribution >= 0.6 is 11.6 Å². The van der Waals surface area contributed by atoms with E-state index in [1.807, 2.05) is 4.90 Å². The van der Waals surface area contributed by atoms with E-state index in [9.17, 15) is 19.5 Å². The highest BCUT2D eigenvalue weighted by atomic mass is 35.5. The van der Waals surface area contributed by atoms with Crippen LogP contribution in [-0.2, 0) is 9.53 Å². The number of carboxylic acid groups (broad SMARTS) is 1. The second-order valence-corrected chi connectivity index (χ2v) is 8.09. The SMILES string of the molecule is COc1nc(N)c(Cl)cc1C(=O)Nc1ccc(C(=O)O)c(NC(C)=O)c1N1CCCC(OC)C1. The molecule has 0 aliphatic carbocycles. The Balaban J connectivity index is 2.13. The van der Waals surface area contributed by atoms with Crippen LogP contribution in [0.2, 0.25) is 5.02 Å². The summed E-state index contributed by atoms with van der Waals surface area (Å²) in [5.41, 5.74) is 6.35. The predicted octanol–water partition coefficient (Wildman–Crippen LogP) is 2.85. The number of anilines is 4. The fraction of sp³-hybridized carbons (Fsp3) is 0.364. The zero-order valence-corrected chi connectivity index (χ0v) is 19.7. The van der Waals surface area contributed by atoms with Gasteiger partial charge in [0, 0.05) is 27.1 Å². The van der Waals surface area contributed by atoms with Gasteiger partial charge in [0.15, 0.2) is 0 Å². The highest BCUT2D eigenvalue weighted by Gasteiger charge is 2.29. The number of piperidine rings is 1. The molecule has 0 saturated carbocycles. The zero-order valence-electron chi connectivity index (χ0n) is 19.0. The largest absolute Gasteiger partial charge is 0.480 e. The standard InChI is InChI=1S/C22H26ClN5O6/c1-11(29)25-17-13(22(31)32)6-7-16(18(17)28-8-4-5-12(10-28)33-2)26-20(30)14-9-15(23)19(24)27-21(14)34-3/h6-7,9,12H,4-5,8,10H2,1-3H3,(H2,24,27)(H,25,29)(H,26,30)(H,31,32). The molecule has 1 fully saturated rings. The van der Waals surface area contributed by atoms with E-state index in [2.05, 4.69) is 15.6 Å². The van der Waals surface area contributed by atoms with E-state index in [1.54, 1.807) is 7.11 Å². The summed E-state index contributed by atoms with van der Waals surface area (Å²) in [7, 11) is 2.94. The van der Waals surface area contributed by atoms with Crippen LogP contribution in [0.1, 0.15) is 40.5 Å². The van der Waals surface area contributed by atoms with E-state index in [0.29, 0.717) is 18.8 Å². The fourth-order valence-corrected chi connectivity index (χ4v) is 3.98. The van der Waals surface area contributed by atoms with Crippen molar-refractivity contribution < 1.29 is 29.0 Å². The highest BCUT2D eigenvalue weighted by Crippen LogP contribution is 2.40. The molecule has 1 saturated heterocycles. The lowest BCUT2D eigenvalue weighted by Gasteiger charge is -2.36. The molecule has 5 N–H and O–H groups in total. The van der Waals surface area contributed by atoms with Crippen molar-refractivity contribution in [1.29, 1.82) is 0 Å². The number of nitrogens with zero attached hydrogens (tertiary/aromatic N) is 2. The Morgan fingerprint density at radius 2 is 1.97 bits per heavy atom. The topological polar surface area (TPSA) is 156 Å². The van der Waals surface area contributed by atoms with Gasteiger partial charge in [-0.05, 0) is 31.0 Å². The van der Waals surface area contributed by atoms with Crippen molar-refractivity contribution in [2.75, 3.05) is 48.6 Å². The molecule has 2 aromatic rings. The fourth-order valence-electron chi connectivity index (χ4n) is 3.83.